The standard InChI is InChI=1S/C16H19BrN2O2/c1-9(2)15-14(11(4)19-21-15)16(20)18-10(3)12-6-5-7-13(17)8-12/h5-10H,1-4H3,(H,18,20). The highest BCUT2D eigenvalue weighted by molar-refractivity contribution is 9.10. The molecule has 2 rings (SSSR count). The van der Waals surface area contributed by atoms with Gasteiger partial charge in [0.25, 0.3) is 5.91 Å². The fourth-order valence-electron chi connectivity index (χ4n) is 2.19. The van der Waals surface area contributed by atoms with Crippen LogP contribution in [-0.4, -0.2) is 11.1 Å². The monoisotopic (exact) mass is 350 g/mol. The molecule has 0 radical (unpaired) electrons. The fraction of sp³-hybridized carbons (Fsp3) is 0.375. The molecule has 4 nitrogen and oxygen atoms in total. The van der Waals surface area contributed by atoms with Crippen LogP contribution < -0.4 is 5.32 Å². The van der Waals surface area contributed by atoms with Gasteiger partial charge < -0.3 is 9.84 Å². The number of rotatable bonds is 4. The lowest BCUT2D eigenvalue weighted by atomic mass is 10.0. The second-order valence-corrected chi connectivity index (χ2v) is 6.33. The van der Waals surface area contributed by atoms with Crippen molar-refractivity contribution in [3.63, 3.8) is 0 Å². The molecule has 1 unspecified atom stereocenters. The van der Waals surface area contributed by atoms with Gasteiger partial charge in [0, 0.05) is 10.4 Å². The summed E-state index contributed by atoms with van der Waals surface area (Å²) in [6, 6.07) is 7.80. The van der Waals surface area contributed by atoms with Crippen molar-refractivity contribution in [1.82, 2.24) is 10.5 Å². The summed E-state index contributed by atoms with van der Waals surface area (Å²) in [7, 11) is 0. The van der Waals surface area contributed by atoms with Crippen LogP contribution in [-0.2, 0) is 0 Å². The molecule has 0 spiro atoms. The van der Waals surface area contributed by atoms with Gasteiger partial charge in [0.05, 0.1) is 11.7 Å². The Bertz CT molecular complexity index is 649. The lowest BCUT2D eigenvalue weighted by Crippen LogP contribution is -2.27. The molecule has 0 fully saturated rings. The van der Waals surface area contributed by atoms with Crippen LogP contribution in [0.3, 0.4) is 0 Å². The van der Waals surface area contributed by atoms with Crippen molar-refractivity contribution in [3.05, 3.63) is 51.3 Å². The summed E-state index contributed by atoms with van der Waals surface area (Å²) in [6.45, 7) is 7.70. The quantitative estimate of drug-likeness (QED) is 0.890. The van der Waals surface area contributed by atoms with Crippen LogP contribution in [0.5, 0.6) is 0 Å². The number of nitrogens with zero attached hydrogens (tertiary/aromatic N) is 1. The van der Waals surface area contributed by atoms with Crippen molar-refractivity contribution >= 4 is 21.8 Å². The number of benzene rings is 1. The average molecular weight is 351 g/mol. The molecule has 0 saturated heterocycles. The molecule has 21 heavy (non-hydrogen) atoms. The average Bonchev–Trinajstić information content (AvgIpc) is 2.80. The molecule has 112 valence electrons. The number of amides is 1. The van der Waals surface area contributed by atoms with E-state index >= 15 is 0 Å². The van der Waals surface area contributed by atoms with Crippen LogP contribution in [0.1, 0.15) is 60.1 Å². The minimum atomic E-state index is -0.148. The summed E-state index contributed by atoms with van der Waals surface area (Å²) < 4.78 is 6.26. The van der Waals surface area contributed by atoms with Gasteiger partial charge in [0.2, 0.25) is 0 Å². The number of carbonyl (C=O) groups excluding carboxylic acids is 1. The van der Waals surface area contributed by atoms with Crippen LogP contribution in [0.2, 0.25) is 0 Å². The van der Waals surface area contributed by atoms with Crippen molar-refractivity contribution in [2.75, 3.05) is 0 Å². The van der Waals surface area contributed by atoms with Crippen LogP contribution in [0.4, 0.5) is 0 Å². The summed E-state index contributed by atoms with van der Waals surface area (Å²) in [5.41, 5.74) is 2.21. The van der Waals surface area contributed by atoms with E-state index in [1.54, 1.807) is 6.92 Å². The summed E-state index contributed by atoms with van der Waals surface area (Å²) in [5.74, 6) is 0.601. The number of nitrogens with one attached hydrogen (secondary N) is 1. The number of hydrogen-bond donors (Lipinski definition) is 1. The van der Waals surface area contributed by atoms with Gasteiger partial charge in [-0.3, -0.25) is 4.79 Å². The molecule has 0 bridgehead atoms. The first-order chi connectivity index (χ1) is 9.90. The first kappa shape index (κ1) is 15.8. The first-order valence-electron chi connectivity index (χ1n) is 6.92. The van der Waals surface area contributed by atoms with Crippen molar-refractivity contribution in [1.29, 1.82) is 0 Å². The van der Waals surface area contributed by atoms with Gasteiger partial charge in [-0.05, 0) is 31.5 Å². The topological polar surface area (TPSA) is 55.1 Å². The van der Waals surface area contributed by atoms with E-state index in [1.807, 2.05) is 45.0 Å². The third-order valence-electron chi connectivity index (χ3n) is 3.34. The van der Waals surface area contributed by atoms with Crippen LogP contribution in [0.25, 0.3) is 0 Å². The molecule has 1 amide bonds. The van der Waals surface area contributed by atoms with Crippen molar-refractivity contribution in [2.45, 2.75) is 39.7 Å². The minimum absolute atomic E-state index is 0.0932. The molecule has 0 aliphatic carbocycles. The van der Waals surface area contributed by atoms with Gasteiger partial charge in [0.15, 0.2) is 5.76 Å². The van der Waals surface area contributed by atoms with E-state index in [-0.39, 0.29) is 17.9 Å². The molecule has 0 aliphatic rings. The van der Waals surface area contributed by atoms with Gasteiger partial charge in [0.1, 0.15) is 5.56 Å². The maximum Gasteiger partial charge on any atom is 0.257 e. The predicted molar refractivity (Wildman–Crippen MR) is 85.4 cm³/mol. The fourth-order valence-corrected chi connectivity index (χ4v) is 2.60. The second kappa shape index (κ2) is 6.43. The Balaban J connectivity index is 2.20. The molecule has 2 aromatic rings. The van der Waals surface area contributed by atoms with Crippen LogP contribution in [0, 0.1) is 6.92 Å². The molecule has 0 aliphatic heterocycles. The maximum atomic E-state index is 12.5. The summed E-state index contributed by atoms with van der Waals surface area (Å²) >= 11 is 3.44. The first-order valence-corrected chi connectivity index (χ1v) is 7.72. The number of halogens is 1. The van der Waals surface area contributed by atoms with Gasteiger partial charge in [-0.2, -0.15) is 0 Å². The van der Waals surface area contributed by atoms with E-state index in [4.69, 9.17) is 4.52 Å². The number of aromatic nitrogens is 1. The van der Waals surface area contributed by atoms with Gasteiger partial charge in [-0.15, -0.1) is 0 Å². The highest BCUT2D eigenvalue weighted by atomic mass is 79.9. The summed E-state index contributed by atoms with van der Waals surface area (Å²) in [6.07, 6.45) is 0. The maximum absolute atomic E-state index is 12.5. The molecule has 1 heterocycles. The van der Waals surface area contributed by atoms with E-state index in [1.165, 1.54) is 0 Å². The normalized spacial score (nSPS) is 12.5. The van der Waals surface area contributed by atoms with E-state index < -0.39 is 0 Å². The highest BCUT2D eigenvalue weighted by Gasteiger charge is 2.23. The zero-order valence-corrected chi connectivity index (χ0v) is 14.2. The zero-order chi connectivity index (χ0) is 15.6. The Hall–Kier alpha value is -1.62. The Morgan fingerprint density at radius 3 is 2.67 bits per heavy atom. The Morgan fingerprint density at radius 2 is 2.05 bits per heavy atom. The van der Waals surface area contributed by atoms with E-state index in [0.29, 0.717) is 17.0 Å². The number of aryl methyl sites for hydroxylation is 1. The highest BCUT2D eigenvalue weighted by Crippen LogP contribution is 2.24. The largest absolute Gasteiger partial charge is 0.360 e. The molecule has 1 aromatic heterocycles. The van der Waals surface area contributed by atoms with E-state index in [2.05, 4.69) is 26.4 Å². The molecular weight excluding hydrogens is 332 g/mol. The van der Waals surface area contributed by atoms with E-state index in [9.17, 15) is 4.79 Å². The van der Waals surface area contributed by atoms with Gasteiger partial charge in [-0.25, -0.2) is 0 Å². The predicted octanol–water partition coefficient (Wildman–Crippen LogP) is 4.36. The molecule has 1 N–H and O–H groups in total. The van der Waals surface area contributed by atoms with Crippen molar-refractivity contribution < 1.29 is 9.32 Å². The number of carbonyl (C=O) groups is 1. The Labute approximate surface area is 133 Å². The Morgan fingerprint density at radius 1 is 1.33 bits per heavy atom. The van der Waals surface area contributed by atoms with Crippen molar-refractivity contribution in [2.24, 2.45) is 0 Å². The third kappa shape index (κ3) is 3.53. The zero-order valence-electron chi connectivity index (χ0n) is 12.6. The van der Waals surface area contributed by atoms with Crippen molar-refractivity contribution in [3.8, 4) is 0 Å². The second-order valence-electron chi connectivity index (χ2n) is 5.41. The summed E-state index contributed by atoms with van der Waals surface area (Å²) in [5, 5.41) is 6.91. The van der Waals surface area contributed by atoms with Crippen LogP contribution in [0.15, 0.2) is 33.3 Å². The molecule has 0 saturated carbocycles. The summed E-state index contributed by atoms with van der Waals surface area (Å²) in [4.78, 5) is 12.5. The number of hydrogen-bond acceptors (Lipinski definition) is 3. The SMILES string of the molecule is Cc1noc(C(C)C)c1C(=O)NC(C)c1cccc(Br)c1. The molecule has 1 aromatic carbocycles. The van der Waals surface area contributed by atoms with Gasteiger partial charge >= 0.3 is 0 Å². The smallest absolute Gasteiger partial charge is 0.257 e. The molecule has 1 atom stereocenters. The van der Waals surface area contributed by atoms with E-state index in [0.717, 1.165) is 10.0 Å². The lowest BCUT2D eigenvalue weighted by molar-refractivity contribution is 0.0937. The minimum Gasteiger partial charge on any atom is -0.360 e. The van der Waals surface area contributed by atoms with Crippen LogP contribution >= 0.6 is 15.9 Å². The molecule has 5 heteroatoms. The third-order valence-corrected chi connectivity index (χ3v) is 3.83. The Kier molecular flexibility index (Phi) is 4.83. The lowest BCUT2D eigenvalue weighted by Gasteiger charge is -2.15. The molecular formula is C16H19BrN2O2. The van der Waals surface area contributed by atoms with Gasteiger partial charge in [-0.1, -0.05) is 47.1 Å².